The first-order valence-electron chi connectivity index (χ1n) is 7.58. The van der Waals surface area contributed by atoms with Crippen molar-refractivity contribution in [3.05, 3.63) is 59.7 Å². The summed E-state index contributed by atoms with van der Waals surface area (Å²) in [6.07, 6.45) is 0. The van der Waals surface area contributed by atoms with Gasteiger partial charge in [-0.15, -0.1) is 11.3 Å². The third-order valence-electron chi connectivity index (χ3n) is 3.42. The van der Waals surface area contributed by atoms with Gasteiger partial charge in [-0.05, 0) is 36.4 Å². The minimum Gasteiger partial charge on any atom is -0.332 e. The Morgan fingerprint density at radius 3 is 2.60 bits per heavy atom. The maximum atomic E-state index is 13.0. The molecule has 2 aromatic carbocycles. The van der Waals surface area contributed by atoms with Crippen LogP contribution < -0.4 is 10.6 Å². The lowest BCUT2D eigenvalue weighted by Gasteiger charge is -2.12. The van der Waals surface area contributed by atoms with Crippen LogP contribution in [0.2, 0.25) is 0 Å². The highest BCUT2D eigenvalue weighted by molar-refractivity contribution is 7.14. The average Bonchev–Trinajstić information content (AvgIpc) is 3.06. The number of benzene rings is 2. The Labute approximate surface area is 149 Å². The molecule has 0 radical (unpaired) electrons. The van der Waals surface area contributed by atoms with Crippen molar-refractivity contribution in [3.63, 3.8) is 0 Å². The van der Waals surface area contributed by atoms with Crippen LogP contribution in [-0.2, 0) is 0 Å². The number of halogens is 1. The fourth-order valence-corrected chi connectivity index (χ4v) is 2.85. The topological polar surface area (TPSA) is 57.3 Å². The molecule has 0 aliphatic heterocycles. The van der Waals surface area contributed by atoms with Gasteiger partial charge in [0.2, 0.25) is 0 Å². The molecule has 25 heavy (non-hydrogen) atoms. The number of carbonyl (C=O) groups excluding carboxylic acids is 1. The van der Waals surface area contributed by atoms with Gasteiger partial charge in [0.1, 0.15) is 5.82 Å². The quantitative estimate of drug-likeness (QED) is 0.707. The fraction of sp³-hybridized carbons (Fsp3) is 0.111. The number of urea groups is 1. The molecule has 0 fully saturated rings. The van der Waals surface area contributed by atoms with E-state index in [4.69, 9.17) is 0 Å². The molecule has 0 aliphatic rings. The van der Waals surface area contributed by atoms with E-state index in [9.17, 15) is 9.18 Å². The van der Waals surface area contributed by atoms with Crippen molar-refractivity contribution in [1.29, 1.82) is 0 Å². The van der Waals surface area contributed by atoms with Gasteiger partial charge in [0, 0.05) is 36.4 Å². The van der Waals surface area contributed by atoms with Crippen LogP contribution in [0.3, 0.4) is 0 Å². The van der Waals surface area contributed by atoms with E-state index in [0.29, 0.717) is 10.8 Å². The third kappa shape index (κ3) is 4.33. The van der Waals surface area contributed by atoms with Gasteiger partial charge >= 0.3 is 6.03 Å². The number of aromatic nitrogens is 1. The fourth-order valence-electron chi connectivity index (χ4n) is 2.11. The molecule has 2 N–H and O–H groups in total. The standard InChI is InChI=1S/C18H17FN4OS/c1-23(2)18(24)21-15-5-3-4-12(10-15)16-11-25-17(22-16)20-14-8-6-13(19)7-9-14/h3-11H,1-2H3,(H,20,22)(H,21,24). The van der Waals surface area contributed by atoms with Gasteiger partial charge in [-0.3, -0.25) is 0 Å². The molecule has 0 unspecified atom stereocenters. The van der Waals surface area contributed by atoms with Crippen molar-refractivity contribution in [1.82, 2.24) is 9.88 Å². The van der Waals surface area contributed by atoms with E-state index >= 15 is 0 Å². The summed E-state index contributed by atoms with van der Waals surface area (Å²) in [5.41, 5.74) is 3.18. The monoisotopic (exact) mass is 356 g/mol. The average molecular weight is 356 g/mol. The van der Waals surface area contributed by atoms with E-state index in [0.717, 1.165) is 16.9 Å². The molecule has 0 saturated carbocycles. The van der Waals surface area contributed by atoms with Gasteiger partial charge < -0.3 is 15.5 Å². The summed E-state index contributed by atoms with van der Waals surface area (Å²) in [7, 11) is 3.38. The first kappa shape index (κ1) is 16.9. The van der Waals surface area contributed by atoms with Crippen LogP contribution in [0.1, 0.15) is 0 Å². The van der Waals surface area contributed by atoms with Crippen LogP contribution in [0.15, 0.2) is 53.9 Å². The van der Waals surface area contributed by atoms with E-state index in [1.54, 1.807) is 26.2 Å². The Bertz CT molecular complexity index is 877. The van der Waals surface area contributed by atoms with E-state index < -0.39 is 0 Å². The summed E-state index contributed by atoms with van der Waals surface area (Å²) in [5.74, 6) is -0.276. The minimum atomic E-state index is -0.276. The predicted octanol–water partition coefficient (Wildman–Crippen LogP) is 4.79. The number of hydrogen-bond donors (Lipinski definition) is 2. The van der Waals surface area contributed by atoms with Crippen molar-refractivity contribution >= 4 is 33.9 Å². The van der Waals surface area contributed by atoms with Crippen LogP contribution in [0.4, 0.5) is 25.7 Å². The SMILES string of the molecule is CN(C)C(=O)Nc1cccc(-c2csc(Nc3ccc(F)cc3)n2)c1. The molecule has 1 heterocycles. The molecule has 0 bridgehead atoms. The number of amides is 2. The number of hydrogen-bond acceptors (Lipinski definition) is 4. The van der Waals surface area contributed by atoms with Crippen LogP contribution >= 0.6 is 11.3 Å². The molecule has 1 aromatic heterocycles. The summed E-state index contributed by atoms with van der Waals surface area (Å²) in [6.45, 7) is 0. The second-order valence-corrected chi connectivity index (χ2v) is 6.43. The molecule has 0 aliphatic carbocycles. The van der Waals surface area contributed by atoms with Gasteiger partial charge in [-0.25, -0.2) is 14.2 Å². The van der Waals surface area contributed by atoms with Gasteiger partial charge in [0.15, 0.2) is 5.13 Å². The van der Waals surface area contributed by atoms with Crippen LogP contribution in [0, 0.1) is 5.82 Å². The van der Waals surface area contributed by atoms with Crippen molar-refractivity contribution in [2.45, 2.75) is 0 Å². The number of anilines is 3. The summed E-state index contributed by atoms with van der Waals surface area (Å²) in [6, 6.07) is 13.4. The van der Waals surface area contributed by atoms with E-state index in [-0.39, 0.29) is 11.8 Å². The number of carbonyl (C=O) groups is 1. The van der Waals surface area contributed by atoms with Gasteiger partial charge in [0.05, 0.1) is 5.69 Å². The Kier molecular flexibility index (Phi) is 4.95. The van der Waals surface area contributed by atoms with Crippen molar-refractivity contribution < 1.29 is 9.18 Å². The maximum absolute atomic E-state index is 13.0. The molecule has 3 aromatic rings. The largest absolute Gasteiger partial charge is 0.332 e. The van der Waals surface area contributed by atoms with Gasteiger partial charge in [-0.1, -0.05) is 12.1 Å². The molecule has 0 atom stereocenters. The lowest BCUT2D eigenvalue weighted by Crippen LogP contribution is -2.27. The molecular formula is C18H17FN4OS. The predicted molar refractivity (Wildman–Crippen MR) is 99.9 cm³/mol. The first-order chi connectivity index (χ1) is 12.0. The third-order valence-corrected chi connectivity index (χ3v) is 4.17. The van der Waals surface area contributed by atoms with Gasteiger partial charge in [-0.2, -0.15) is 0 Å². The highest BCUT2D eigenvalue weighted by atomic mass is 32.1. The number of nitrogens with one attached hydrogen (secondary N) is 2. The zero-order chi connectivity index (χ0) is 17.8. The van der Waals surface area contributed by atoms with Crippen LogP contribution in [0.25, 0.3) is 11.3 Å². The van der Waals surface area contributed by atoms with Crippen LogP contribution in [0.5, 0.6) is 0 Å². The van der Waals surface area contributed by atoms with Crippen molar-refractivity contribution in [2.24, 2.45) is 0 Å². The van der Waals surface area contributed by atoms with E-state index in [1.165, 1.54) is 28.4 Å². The summed E-state index contributed by atoms with van der Waals surface area (Å²) in [4.78, 5) is 17.8. The van der Waals surface area contributed by atoms with Crippen LogP contribution in [-0.4, -0.2) is 30.0 Å². The highest BCUT2D eigenvalue weighted by Crippen LogP contribution is 2.28. The van der Waals surface area contributed by atoms with E-state index in [2.05, 4.69) is 15.6 Å². The highest BCUT2D eigenvalue weighted by Gasteiger charge is 2.08. The maximum Gasteiger partial charge on any atom is 0.321 e. The lowest BCUT2D eigenvalue weighted by atomic mass is 10.1. The Morgan fingerprint density at radius 1 is 1.12 bits per heavy atom. The number of nitrogens with zero attached hydrogens (tertiary/aromatic N) is 2. The Morgan fingerprint density at radius 2 is 1.88 bits per heavy atom. The normalized spacial score (nSPS) is 10.4. The zero-order valence-corrected chi connectivity index (χ0v) is 14.6. The first-order valence-corrected chi connectivity index (χ1v) is 8.46. The minimum absolute atomic E-state index is 0.186. The summed E-state index contributed by atoms with van der Waals surface area (Å²) < 4.78 is 13.0. The number of rotatable bonds is 4. The molecular weight excluding hydrogens is 339 g/mol. The second-order valence-electron chi connectivity index (χ2n) is 5.58. The lowest BCUT2D eigenvalue weighted by molar-refractivity contribution is 0.230. The smallest absolute Gasteiger partial charge is 0.321 e. The Hall–Kier alpha value is -2.93. The molecule has 128 valence electrons. The second kappa shape index (κ2) is 7.31. The molecule has 2 amide bonds. The number of thiazole rings is 1. The molecule has 0 spiro atoms. The van der Waals surface area contributed by atoms with Crippen molar-refractivity contribution in [2.75, 3.05) is 24.7 Å². The van der Waals surface area contributed by atoms with E-state index in [1.807, 2.05) is 29.6 Å². The summed E-state index contributed by atoms with van der Waals surface area (Å²) >= 11 is 1.46. The Balaban J connectivity index is 1.75. The summed E-state index contributed by atoms with van der Waals surface area (Å²) in [5, 5.41) is 8.60. The van der Waals surface area contributed by atoms with Crippen molar-refractivity contribution in [3.8, 4) is 11.3 Å². The molecule has 3 rings (SSSR count). The molecule has 0 saturated heterocycles. The zero-order valence-electron chi connectivity index (χ0n) is 13.8. The molecule has 7 heteroatoms. The van der Waals surface area contributed by atoms with Gasteiger partial charge in [0.25, 0.3) is 0 Å². The molecule has 5 nitrogen and oxygen atoms in total.